The van der Waals surface area contributed by atoms with E-state index in [0.717, 1.165) is 113 Å². The highest BCUT2D eigenvalue weighted by Gasteiger charge is 2.59. The van der Waals surface area contributed by atoms with Gasteiger partial charge in [0.25, 0.3) is 0 Å². The Hall–Kier alpha value is -10.4. The molecule has 13 aliphatic carbocycles. The molecule has 15 heteroatoms. The van der Waals surface area contributed by atoms with E-state index in [4.69, 9.17) is 37.9 Å². The van der Waals surface area contributed by atoms with E-state index < -0.39 is 0 Å². The van der Waals surface area contributed by atoms with Gasteiger partial charge < -0.3 is 37.9 Å². The molecule has 714 valence electrons. The number of carbonyl (C=O) groups is 3. The molecule has 0 amide bonds. The van der Waals surface area contributed by atoms with Gasteiger partial charge in [-0.25, -0.2) is 14.4 Å². The van der Waals surface area contributed by atoms with Crippen molar-refractivity contribution in [3.63, 3.8) is 0 Å². The molecule has 12 bridgehead atoms. The number of carbonyl (C=O) groups excluding carboxylic acids is 3. The van der Waals surface area contributed by atoms with Crippen LogP contribution in [0, 0.1) is 113 Å². The van der Waals surface area contributed by atoms with Crippen molar-refractivity contribution in [1.29, 1.82) is 0 Å². The van der Waals surface area contributed by atoms with Crippen molar-refractivity contribution in [2.75, 3.05) is 26.6 Å². The van der Waals surface area contributed by atoms with E-state index in [1.165, 1.54) is 166 Å². The fourth-order valence-electron chi connectivity index (χ4n) is 25.9. The zero-order valence-corrected chi connectivity index (χ0v) is 85.0. The van der Waals surface area contributed by atoms with Crippen LogP contribution in [0.5, 0.6) is 23.0 Å². The van der Waals surface area contributed by atoms with Crippen molar-refractivity contribution in [1.82, 2.24) is 0 Å². The van der Waals surface area contributed by atoms with Gasteiger partial charge in [0.05, 0.1) is 49.7 Å². The lowest BCUT2D eigenvalue weighted by Crippen LogP contribution is -2.58. The van der Waals surface area contributed by atoms with Crippen LogP contribution in [0.2, 0.25) is 0 Å². The first-order valence-electron chi connectivity index (χ1n) is 50.7. The van der Waals surface area contributed by atoms with Crippen LogP contribution in [-0.2, 0) is 76.9 Å². The first-order valence-corrected chi connectivity index (χ1v) is 55.6. The molecule has 0 aliphatic heterocycles. The number of hydrogen-bond acceptors (Lipinski definition) is 11. The van der Waals surface area contributed by atoms with Crippen LogP contribution in [0.15, 0.2) is 362 Å². The summed E-state index contributed by atoms with van der Waals surface area (Å²) in [6.07, 6.45) is 24.1. The number of hydrogen-bond donors (Lipinski definition) is 0. The van der Waals surface area contributed by atoms with Gasteiger partial charge >= 0.3 is 17.9 Å². The minimum absolute atomic E-state index is 0.0357. The first kappa shape index (κ1) is 96.5. The van der Waals surface area contributed by atoms with Crippen molar-refractivity contribution in [2.45, 2.75) is 266 Å². The van der Waals surface area contributed by atoms with Gasteiger partial charge in [-0.3, -0.25) is 0 Å². The second kappa shape index (κ2) is 43.4. The van der Waals surface area contributed by atoms with E-state index in [2.05, 4.69) is 333 Å². The summed E-state index contributed by atoms with van der Waals surface area (Å²) in [6.45, 7) is 19.2. The highest BCUT2D eigenvalue weighted by molar-refractivity contribution is 7.98. The largest absolute Gasteiger partial charge is 0.482 e. The van der Waals surface area contributed by atoms with E-state index >= 15 is 0 Å². The van der Waals surface area contributed by atoms with Gasteiger partial charge in [-0.2, -0.15) is 0 Å². The summed E-state index contributed by atoms with van der Waals surface area (Å²) < 4.78 is 48.8. The summed E-state index contributed by atoms with van der Waals surface area (Å²) >= 11 is 0. The van der Waals surface area contributed by atoms with Crippen LogP contribution >= 0.6 is 0 Å². The Morgan fingerprint density at radius 3 is 0.775 bits per heavy atom. The average molecular weight is 1920 g/mol. The first-order chi connectivity index (χ1) is 67.1. The lowest BCUT2D eigenvalue weighted by molar-refractivity contribution is -0.205. The number of aryl methyl sites for hydroxylation is 6. The monoisotopic (exact) mass is 1920 g/mol. The minimum atomic E-state index is -0.325. The second-order valence-electron chi connectivity index (χ2n) is 41.6. The van der Waals surface area contributed by atoms with Gasteiger partial charge in [-0.1, -0.05) is 146 Å². The summed E-state index contributed by atoms with van der Waals surface area (Å²) in [5.41, 5.74) is 5.59. The summed E-state index contributed by atoms with van der Waals surface area (Å²) in [6, 6.07) is 107. The second-order valence-corrected chi connectivity index (χ2v) is 49.7. The predicted octanol–water partition coefficient (Wildman–Crippen LogP) is 28.7. The van der Waals surface area contributed by atoms with Crippen LogP contribution in [-0.4, -0.2) is 67.4 Å². The normalized spacial score (nSPS) is 25.0. The van der Waals surface area contributed by atoms with Crippen LogP contribution in [0.1, 0.15) is 176 Å². The molecular weight excluding hydrogens is 1780 g/mol. The Labute approximate surface area is 830 Å². The smallest absolute Gasteiger partial charge is 0.344 e. The third-order valence-electron chi connectivity index (χ3n) is 31.7. The van der Waals surface area contributed by atoms with Crippen LogP contribution in [0.25, 0.3) is 0 Å². The zero-order chi connectivity index (χ0) is 95.0. The van der Waals surface area contributed by atoms with Crippen molar-refractivity contribution in [3.8, 4) is 23.0 Å². The molecular formula is C123H136O11S4+4. The number of ether oxygens (including phenoxy) is 8. The molecule has 12 aromatic carbocycles. The molecule has 0 aromatic heterocycles. The maximum absolute atomic E-state index is 13.0. The highest BCUT2D eigenvalue weighted by atomic mass is 32.2. The summed E-state index contributed by atoms with van der Waals surface area (Å²) in [5, 5.41) is 0. The molecule has 0 saturated heterocycles. The molecule has 25 rings (SSSR count). The van der Waals surface area contributed by atoms with Crippen molar-refractivity contribution < 1.29 is 52.3 Å². The standard InChI is InChI=1S/C33H37O3S.C31H33O3S.C31H35O2S.C28H31O3S/c1-22-14-30(37(28-10-6-4-7-11-28)29-12-8-5-9-13-29)15-23(2)32(22)35-21-31(34)36-33(3)26-17-24-16-25(19-26)20-27(33)18-24;1-31(24-17-22-16-23(19-24)20-25(31)18-22)34-30(32)21-33-26-12-14-29(15-13-26)35(27-8-4-2-5-9-27)28-10-6-3-7-11-28;1-21-13-29(34(27-9-5-3-6-10-27)28-11-7-4-8-12-28)14-22(2)30(21)32-20-33-31-25-16-23-15-24(18-25)19-26(31)17-23;1-21-18-25(32(23-12-6-4-7-13-23)24-14-8-5-9-15-24)19-22(2)27(21)30-20-26(29)31-28(3)16-10-11-17-28/h4-15,24-27H,16-21H2,1-3H3;2-15,22-25H,16-21H2,1H3;3-14,23-26,31H,15-20H2,1-2H3;4-9,12-15,18-19H,10-11,16-17,20H2,1-3H3/q4*+1. The lowest BCUT2D eigenvalue weighted by Gasteiger charge is -2.59. The molecule has 13 fully saturated rings. The molecule has 138 heavy (non-hydrogen) atoms. The third kappa shape index (κ3) is 22.2. The fraction of sp³-hybridized carbons (Fsp3) is 0.390. The molecule has 0 atom stereocenters. The lowest BCUT2D eigenvalue weighted by atomic mass is 9.50. The SMILES string of the molecule is CC1(OC(=O)COc2ccc([S+](c3ccccc3)c3ccccc3)cc2)C2CC3CC(C2)CC1C3.Cc1cc([S+](c2ccccc2)c2ccccc2)cc(C)c1OCC(=O)OC1(C)C2CC3CC(C2)CC1C3.Cc1cc([S+](c2ccccc2)c2ccccc2)cc(C)c1OCC(=O)OC1(C)CCCC1.Cc1cc([S+](c2ccccc2)c2ccccc2)cc(C)c1OCOC1C2CC3CC(C2)CC1C3. The molecule has 13 saturated carbocycles. The number of benzene rings is 12. The zero-order valence-electron chi connectivity index (χ0n) is 81.8. The van der Waals surface area contributed by atoms with E-state index in [1.807, 2.05) is 32.9 Å². The minimum Gasteiger partial charge on any atom is -0.482 e. The molecule has 0 unspecified atom stereocenters. The molecule has 0 N–H and O–H groups in total. The number of esters is 3. The van der Waals surface area contributed by atoms with E-state index in [9.17, 15) is 14.4 Å². The van der Waals surface area contributed by atoms with Crippen LogP contribution < -0.4 is 18.9 Å². The Morgan fingerprint density at radius 1 is 0.268 bits per heavy atom. The predicted molar refractivity (Wildman–Crippen MR) is 554 cm³/mol. The van der Waals surface area contributed by atoms with Gasteiger partial charge in [0.2, 0.25) is 0 Å². The number of rotatable bonds is 28. The molecule has 13 aliphatic rings. The summed E-state index contributed by atoms with van der Waals surface area (Å²) in [5.74, 6) is 11.5. The van der Waals surface area contributed by atoms with E-state index in [-0.39, 0.29) is 98.1 Å². The quantitative estimate of drug-likeness (QED) is 0.0201. The molecule has 12 aromatic rings. The maximum Gasteiger partial charge on any atom is 0.344 e. The van der Waals surface area contributed by atoms with Gasteiger partial charge in [0, 0.05) is 36.4 Å². The maximum atomic E-state index is 13.0. The van der Waals surface area contributed by atoms with Gasteiger partial charge in [-0.05, 0) is 410 Å². The molecule has 11 nitrogen and oxygen atoms in total. The Kier molecular flexibility index (Phi) is 30.3. The van der Waals surface area contributed by atoms with Gasteiger partial charge in [0.1, 0.15) is 39.8 Å². The van der Waals surface area contributed by atoms with Crippen molar-refractivity contribution >= 4 is 61.5 Å². The molecule has 0 spiro atoms. The Morgan fingerprint density at radius 2 is 0.500 bits per heavy atom. The summed E-state index contributed by atoms with van der Waals surface area (Å²) in [4.78, 5) is 53.7. The summed E-state index contributed by atoms with van der Waals surface area (Å²) in [7, 11) is -0.766. The van der Waals surface area contributed by atoms with Crippen molar-refractivity contribution in [2.24, 2.45) is 71.0 Å². The van der Waals surface area contributed by atoms with E-state index in [1.54, 1.807) is 0 Å². The Balaban J connectivity index is 0.000000118. The average Bonchev–Trinajstić information content (AvgIpc) is 0.877. The van der Waals surface area contributed by atoms with Crippen LogP contribution in [0.3, 0.4) is 0 Å². The fourth-order valence-corrected chi connectivity index (χ4v) is 34.8. The van der Waals surface area contributed by atoms with Crippen LogP contribution in [0.4, 0.5) is 0 Å². The topological polar surface area (TPSA) is 125 Å². The van der Waals surface area contributed by atoms with Crippen molar-refractivity contribution in [3.05, 3.63) is 337 Å². The third-order valence-corrected chi connectivity index (χ3v) is 40.5. The highest BCUT2D eigenvalue weighted by Crippen LogP contribution is 2.62. The Bertz CT molecular complexity index is 5790. The molecule has 0 heterocycles. The van der Waals surface area contributed by atoms with Gasteiger partial charge in [-0.15, -0.1) is 0 Å². The molecule has 0 radical (unpaired) electrons. The van der Waals surface area contributed by atoms with E-state index in [0.29, 0.717) is 42.3 Å². The van der Waals surface area contributed by atoms with Gasteiger partial charge in [0.15, 0.2) is 85.4 Å².